The largest absolute Gasteiger partial charge is 0.489 e. The highest BCUT2D eigenvalue weighted by molar-refractivity contribution is 9.10. The molecular formula is C17H20BrNO. The molecule has 0 heterocycles. The van der Waals surface area contributed by atoms with E-state index in [1.807, 2.05) is 31.2 Å². The van der Waals surface area contributed by atoms with Crippen LogP contribution in [-0.4, -0.2) is 6.04 Å². The highest BCUT2D eigenvalue weighted by Gasteiger charge is 2.08. The van der Waals surface area contributed by atoms with Gasteiger partial charge in [0, 0.05) is 10.5 Å². The van der Waals surface area contributed by atoms with Crippen LogP contribution in [0.3, 0.4) is 0 Å². The van der Waals surface area contributed by atoms with E-state index < -0.39 is 0 Å². The molecule has 2 rings (SSSR count). The van der Waals surface area contributed by atoms with Gasteiger partial charge in [0.05, 0.1) is 0 Å². The van der Waals surface area contributed by atoms with Gasteiger partial charge in [0.1, 0.15) is 12.4 Å². The summed E-state index contributed by atoms with van der Waals surface area (Å²) in [6.07, 6.45) is 0.808. The normalized spacial score (nSPS) is 12.2. The van der Waals surface area contributed by atoms with E-state index in [0.29, 0.717) is 6.61 Å². The Labute approximate surface area is 129 Å². The maximum absolute atomic E-state index is 5.98. The van der Waals surface area contributed by atoms with Crippen LogP contribution in [0, 0.1) is 6.92 Å². The van der Waals surface area contributed by atoms with Crippen molar-refractivity contribution in [2.24, 2.45) is 5.73 Å². The molecule has 0 saturated carbocycles. The number of aryl methyl sites for hydroxylation is 1. The molecule has 2 nitrogen and oxygen atoms in total. The van der Waals surface area contributed by atoms with Crippen molar-refractivity contribution in [1.82, 2.24) is 0 Å². The quantitative estimate of drug-likeness (QED) is 0.888. The van der Waals surface area contributed by atoms with Crippen LogP contribution in [-0.2, 0) is 13.0 Å². The number of rotatable bonds is 5. The number of benzene rings is 2. The Morgan fingerprint density at radius 1 is 1.15 bits per heavy atom. The van der Waals surface area contributed by atoms with Crippen LogP contribution in [0.25, 0.3) is 0 Å². The molecule has 2 N–H and O–H groups in total. The first-order valence-corrected chi connectivity index (χ1v) is 7.57. The fourth-order valence-corrected chi connectivity index (χ4v) is 2.53. The second-order valence-electron chi connectivity index (χ2n) is 5.15. The Morgan fingerprint density at radius 2 is 1.90 bits per heavy atom. The van der Waals surface area contributed by atoms with Crippen LogP contribution in [0.4, 0.5) is 0 Å². The van der Waals surface area contributed by atoms with Crippen molar-refractivity contribution in [2.45, 2.75) is 32.9 Å². The summed E-state index contributed by atoms with van der Waals surface area (Å²) in [5.41, 5.74) is 9.50. The van der Waals surface area contributed by atoms with Crippen molar-refractivity contribution in [2.75, 3.05) is 0 Å². The molecule has 0 saturated heterocycles. The molecular weight excluding hydrogens is 314 g/mol. The Kier molecular flexibility index (Phi) is 5.21. The molecule has 3 heteroatoms. The monoisotopic (exact) mass is 333 g/mol. The topological polar surface area (TPSA) is 35.2 Å². The highest BCUT2D eigenvalue weighted by Crippen LogP contribution is 2.25. The van der Waals surface area contributed by atoms with Gasteiger partial charge in [-0.15, -0.1) is 0 Å². The van der Waals surface area contributed by atoms with E-state index >= 15 is 0 Å². The van der Waals surface area contributed by atoms with E-state index in [1.54, 1.807) is 0 Å². The van der Waals surface area contributed by atoms with Crippen LogP contribution >= 0.6 is 15.9 Å². The SMILES string of the molecule is Cc1ccccc1COc1ccc(Br)cc1CC(C)N. The molecule has 106 valence electrons. The summed E-state index contributed by atoms with van der Waals surface area (Å²) in [5.74, 6) is 0.911. The van der Waals surface area contributed by atoms with Crippen LogP contribution in [0.5, 0.6) is 5.75 Å². The first kappa shape index (κ1) is 15.1. The molecule has 0 aliphatic carbocycles. The molecule has 0 fully saturated rings. The molecule has 1 atom stereocenters. The molecule has 0 radical (unpaired) electrons. The van der Waals surface area contributed by atoms with Gasteiger partial charge in [0.25, 0.3) is 0 Å². The lowest BCUT2D eigenvalue weighted by molar-refractivity contribution is 0.301. The second-order valence-corrected chi connectivity index (χ2v) is 6.06. The van der Waals surface area contributed by atoms with Crippen molar-refractivity contribution >= 4 is 15.9 Å². The van der Waals surface area contributed by atoms with Crippen molar-refractivity contribution in [1.29, 1.82) is 0 Å². The van der Waals surface area contributed by atoms with Crippen molar-refractivity contribution in [3.05, 3.63) is 63.6 Å². The lowest BCUT2D eigenvalue weighted by Crippen LogP contribution is -2.18. The lowest BCUT2D eigenvalue weighted by atomic mass is 10.1. The van der Waals surface area contributed by atoms with E-state index in [0.717, 1.165) is 22.2 Å². The summed E-state index contributed by atoms with van der Waals surface area (Å²) in [6.45, 7) is 4.69. The van der Waals surface area contributed by atoms with Crippen molar-refractivity contribution < 1.29 is 4.74 Å². The molecule has 0 aliphatic rings. The molecule has 20 heavy (non-hydrogen) atoms. The third-order valence-electron chi connectivity index (χ3n) is 3.21. The average molecular weight is 334 g/mol. The third-order valence-corrected chi connectivity index (χ3v) is 3.70. The van der Waals surface area contributed by atoms with Gasteiger partial charge in [-0.1, -0.05) is 40.2 Å². The minimum Gasteiger partial charge on any atom is -0.489 e. The number of ether oxygens (including phenoxy) is 1. The van der Waals surface area contributed by atoms with E-state index in [-0.39, 0.29) is 6.04 Å². The molecule has 0 spiro atoms. The number of nitrogens with two attached hydrogens (primary N) is 1. The van der Waals surface area contributed by atoms with E-state index in [2.05, 4.69) is 41.1 Å². The van der Waals surface area contributed by atoms with Gasteiger partial charge >= 0.3 is 0 Å². The first-order valence-electron chi connectivity index (χ1n) is 6.77. The van der Waals surface area contributed by atoms with Gasteiger partial charge in [0.15, 0.2) is 0 Å². The van der Waals surface area contributed by atoms with E-state index in [9.17, 15) is 0 Å². The Bertz CT molecular complexity index is 581. The van der Waals surface area contributed by atoms with Gasteiger partial charge in [-0.2, -0.15) is 0 Å². The fourth-order valence-electron chi connectivity index (χ4n) is 2.12. The summed E-state index contributed by atoms with van der Waals surface area (Å²) in [5, 5.41) is 0. The van der Waals surface area contributed by atoms with Crippen LogP contribution in [0.1, 0.15) is 23.6 Å². The maximum Gasteiger partial charge on any atom is 0.123 e. The summed E-state index contributed by atoms with van der Waals surface area (Å²) in [4.78, 5) is 0. The van der Waals surface area contributed by atoms with Gasteiger partial charge in [-0.25, -0.2) is 0 Å². The summed E-state index contributed by atoms with van der Waals surface area (Å²) in [6, 6.07) is 14.5. The summed E-state index contributed by atoms with van der Waals surface area (Å²) < 4.78 is 7.04. The summed E-state index contributed by atoms with van der Waals surface area (Å²) in [7, 11) is 0. The van der Waals surface area contributed by atoms with E-state index in [4.69, 9.17) is 10.5 Å². The van der Waals surface area contributed by atoms with Crippen molar-refractivity contribution in [3.8, 4) is 5.75 Å². The molecule has 0 aromatic heterocycles. The minimum absolute atomic E-state index is 0.116. The van der Waals surface area contributed by atoms with Crippen molar-refractivity contribution in [3.63, 3.8) is 0 Å². The number of halogens is 1. The van der Waals surface area contributed by atoms with E-state index in [1.165, 1.54) is 11.1 Å². The highest BCUT2D eigenvalue weighted by atomic mass is 79.9. The first-order chi connectivity index (χ1) is 9.56. The molecule has 0 bridgehead atoms. The van der Waals surface area contributed by atoms with Gasteiger partial charge < -0.3 is 10.5 Å². The predicted molar refractivity (Wildman–Crippen MR) is 87.0 cm³/mol. The molecule has 2 aromatic rings. The zero-order chi connectivity index (χ0) is 14.5. The fraction of sp³-hybridized carbons (Fsp3) is 0.294. The standard InChI is InChI=1S/C17H20BrNO/c1-12-5-3-4-6-14(12)11-20-17-8-7-16(18)10-15(17)9-13(2)19/h3-8,10,13H,9,11,19H2,1-2H3. The zero-order valence-corrected chi connectivity index (χ0v) is 13.5. The third kappa shape index (κ3) is 4.09. The Balaban J connectivity index is 2.15. The van der Waals surface area contributed by atoms with Gasteiger partial charge in [0.2, 0.25) is 0 Å². The smallest absolute Gasteiger partial charge is 0.123 e. The lowest BCUT2D eigenvalue weighted by Gasteiger charge is -2.14. The zero-order valence-electron chi connectivity index (χ0n) is 11.9. The predicted octanol–water partition coefficient (Wildman–Crippen LogP) is 4.23. The van der Waals surface area contributed by atoms with Crippen LogP contribution < -0.4 is 10.5 Å². The molecule has 2 aromatic carbocycles. The van der Waals surface area contributed by atoms with Crippen LogP contribution in [0.2, 0.25) is 0 Å². The summed E-state index contributed by atoms with van der Waals surface area (Å²) >= 11 is 3.50. The molecule has 0 aliphatic heterocycles. The number of hydrogen-bond acceptors (Lipinski definition) is 2. The Hall–Kier alpha value is -1.32. The van der Waals surface area contributed by atoms with Gasteiger partial charge in [-0.05, 0) is 55.2 Å². The minimum atomic E-state index is 0.116. The molecule has 1 unspecified atom stereocenters. The van der Waals surface area contributed by atoms with Crippen LogP contribution in [0.15, 0.2) is 46.9 Å². The van der Waals surface area contributed by atoms with Gasteiger partial charge in [-0.3, -0.25) is 0 Å². The maximum atomic E-state index is 5.98. The molecule has 0 amide bonds. The second kappa shape index (κ2) is 6.91. The Morgan fingerprint density at radius 3 is 2.60 bits per heavy atom. The number of hydrogen-bond donors (Lipinski definition) is 1. The average Bonchev–Trinajstić information content (AvgIpc) is 2.39.